The van der Waals surface area contributed by atoms with Gasteiger partial charge < -0.3 is 9.13 Å². The van der Waals surface area contributed by atoms with Crippen molar-refractivity contribution in [1.82, 2.24) is 59.0 Å². The van der Waals surface area contributed by atoms with Crippen LogP contribution in [0.4, 0.5) is 0 Å². The fourth-order valence-electron chi connectivity index (χ4n) is 17.7. The van der Waals surface area contributed by atoms with Crippen LogP contribution < -0.4 is 0 Å². The summed E-state index contributed by atoms with van der Waals surface area (Å²) in [6, 6.07) is 160. The highest BCUT2D eigenvalue weighted by molar-refractivity contribution is 6.22. The third-order valence-electron chi connectivity index (χ3n) is 24.0. The molecule has 0 aliphatic heterocycles. The van der Waals surface area contributed by atoms with Gasteiger partial charge in [-0.15, -0.1) is 0 Å². The summed E-state index contributed by atoms with van der Waals surface area (Å²) in [6.45, 7) is 0. The monoisotopic (exact) mass is 1660 g/mol. The molecule has 0 bridgehead atoms. The molecule has 608 valence electrons. The molecule has 0 amide bonds. The van der Waals surface area contributed by atoms with Crippen LogP contribution >= 0.6 is 0 Å². The summed E-state index contributed by atoms with van der Waals surface area (Å²) in [5.41, 5.74) is 25.8. The maximum Gasteiger partial charge on any atom is 0.164 e. The molecule has 0 saturated carbocycles. The quantitative estimate of drug-likeness (QED) is 0.0919. The molecule has 0 atom stereocenters. The van der Waals surface area contributed by atoms with Gasteiger partial charge in [0.25, 0.3) is 0 Å². The van der Waals surface area contributed by atoms with Gasteiger partial charge in [-0.3, -0.25) is 0 Å². The Hall–Kier alpha value is -17.7. The van der Waals surface area contributed by atoms with Crippen LogP contribution in [-0.4, -0.2) is 59.0 Å². The summed E-state index contributed by atoms with van der Waals surface area (Å²) in [7, 11) is 0. The van der Waals surface area contributed by atoms with E-state index in [2.05, 4.69) is 337 Å². The molecule has 24 aromatic rings. The maximum absolute atomic E-state index is 5.35. The first-order valence-electron chi connectivity index (χ1n) is 43.5. The van der Waals surface area contributed by atoms with Crippen molar-refractivity contribution in [2.75, 3.05) is 0 Å². The zero-order chi connectivity index (χ0) is 86.2. The lowest BCUT2D eigenvalue weighted by atomic mass is 9.99. The molecule has 12 nitrogen and oxygen atoms in total. The van der Waals surface area contributed by atoms with Gasteiger partial charge in [-0.1, -0.05) is 358 Å². The van der Waals surface area contributed by atoms with Crippen molar-refractivity contribution in [3.05, 3.63) is 461 Å². The summed E-state index contributed by atoms with van der Waals surface area (Å²) < 4.78 is 4.71. The molecule has 12 heteroatoms. The van der Waals surface area contributed by atoms with E-state index in [1.54, 1.807) is 0 Å². The van der Waals surface area contributed by atoms with Crippen molar-refractivity contribution < 1.29 is 0 Å². The fraction of sp³-hybridized carbons (Fsp3) is 0. The van der Waals surface area contributed by atoms with E-state index in [4.69, 9.17) is 49.8 Å². The minimum Gasteiger partial charge on any atom is -0.309 e. The Balaban J connectivity index is 0.000000148. The van der Waals surface area contributed by atoms with Crippen molar-refractivity contribution in [1.29, 1.82) is 0 Å². The number of rotatable bonds is 16. The third-order valence-corrected chi connectivity index (χ3v) is 24.0. The normalized spacial score (nSPS) is 11.4. The van der Waals surface area contributed by atoms with Gasteiger partial charge >= 0.3 is 0 Å². The first-order chi connectivity index (χ1) is 64.4. The average Bonchev–Trinajstić information content (AvgIpc) is 1.58. The van der Waals surface area contributed by atoms with Crippen molar-refractivity contribution in [2.24, 2.45) is 0 Å². The number of hydrogen-bond donors (Lipinski definition) is 0. The predicted octanol–water partition coefficient (Wildman–Crippen LogP) is 29.2. The first kappa shape index (κ1) is 77.1. The SMILES string of the molecule is c1ccc(-c2cc(-c3cccc(-c4cccc(-c5nc(-c6ccccc6)nc(-c6ccc7c8cc9ccccc9cc8n(-c8ccccc8)c7c6)n5)c4)c3)nc(-c3ccccc3)n2)cc1.c1ccc(-c2cc(-c3cccc(-c4cccc(-c5nc(-c6ccccc6)nc(-c6ccccc6)n5)c4)c3)nc(-c3ccc4c(c3)c3c5ccccc5ccc3n4-c3ccccc3)n2)cc1. The summed E-state index contributed by atoms with van der Waals surface area (Å²) in [5.74, 6) is 5.03. The largest absolute Gasteiger partial charge is 0.309 e. The molecular formula is C118H76N12. The molecule has 0 aliphatic carbocycles. The zero-order valence-electron chi connectivity index (χ0n) is 70.2. The fourth-order valence-corrected chi connectivity index (χ4v) is 17.7. The molecule has 130 heavy (non-hydrogen) atoms. The van der Waals surface area contributed by atoms with Gasteiger partial charge in [-0.05, 0) is 147 Å². The van der Waals surface area contributed by atoms with Crippen molar-refractivity contribution in [2.45, 2.75) is 0 Å². The summed E-state index contributed by atoms with van der Waals surface area (Å²) in [4.78, 5) is 51.1. The van der Waals surface area contributed by atoms with Crippen LogP contribution in [0.5, 0.6) is 0 Å². The summed E-state index contributed by atoms with van der Waals surface area (Å²) >= 11 is 0. The maximum atomic E-state index is 5.35. The van der Waals surface area contributed by atoms with E-state index in [-0.39, 0.29) is 0 Å². The molecule has 0 spiro atoms. The van der Waals surface area contributed by atoms with Crippen LogP contribution in [-0.2, 0) is 0 Å². The van der Waals surface area contributed by atoms with E-state index in [0.29, 0.717) is 46.6 Å². The van der Waals surface area contributed by atoms with E-state index in [1.807, 2.05) is 133 Å². The molecule has 0 fully saturated rings. The second kappa shape index (κ2) is 33.7. The second-order valence-electron chi connectivity index (χ2n) is 32.3. The van der Waals surface area contributed by atoms with E-state index in [9.17, 15) is 0 Å². The topological polar surface area (TPSA) is 139 Å². The van der Waals surface area contributed by atoms with Gasteiger partial charge in [0.05, 0.1) is 44.8 Å². The lowest BCUT2D eigenvalue weighted by molar-refractivity contribution is 1.07. The van der Waals surface area contributed by atoms with Crippen molar-refractivity contribution in [3.63, 3.8) is 0 Å². The Labute approximate surface area is 750 Å². The van der Waals surface area contributed by atoms with Crippen LogP contribution in [0.3, 0.4) is 0 Å². The Morgan fingerprint density at radius 3 is 0.869 bits per heavy atom. The molecule has 18 aromatic carbocycles. The van der Waals surface area contributed by atoms with Crippen LogP contribution in [0.15, 0.2) is 461 Å². The lowest BCUT2D eigenvalue weighted by Gasteiger charge is -2.12. The number of nitrogens with zero attached hydrogens (tertiary/aromatic N) is 12. The Kier molecular flexibility index (Phi) is 20.0. The van der Waals surface area contributed by atoms with Crippen LogP contribution in [0.2, 0.25) is 0 Å². The molecule has 0 N–H and O–H groups in total. The Bertz CT molecular complexity index is 8270. The molecular weight excluding hydrogens is 1590 g/mol. The minimum atomic E-state index is 0.595. The van der Waals surface area contributed by atoms with Crippen LogP contribution in [0.1, 0.15) is 0 Å². The van der Waals surface area contributed by atoms with Crippen molar-refractivity contribution >= 4 is 65.2 Å². The van der Waals surface area contributed by atoms with E-state index in [0.717, 1.165) is 151 Å². The smallest absolute Gasteiger partial charge is 0.164 e. The van der Waals surface area contributed by atoms with Crippen LogP contribution in [0, 0.1) is 0 Å². The summed E-state index contributed by atoms with van der Waals surface area (Å²) in [6.07, 6.45) is 0. The molecule has 0 aliphatic rings. The number of fused-ring (bicyclic) bond motifs is 9. The van der Waals surface area contributed by atoms with Gasteiger partial charge in [0, 0.05) is 99.7 Å². The van der Waals surface area contributed by atoms with Crippen LogP contribution in [0.25, 0.3) is 235 Å². The van der Waals surface area contributed by atoms with E-state index < -0.39 is 0 Å². The summed E-state index contributed by atoms with van der Waals surface area (Å²) in [5, 5.41) is 9.56. The molecule has 0 saturated heterocycles. The number of hydrogen-bond acceptors (Lipinski definition) is 10. The number of benzene rings is 18. The molecule has 6 aromatic heterocycles. The highest BCUT2D eigenvalue weighted by Gasteiger charge is 2.23. The minimum absolute atomic E-state index is 0.595. The van der Waals surface area contributed by atoms with E-state index in [1.165, 1.54) is 37.7 Å². The molecule has 0 unspecified atom stereocenters. The second-order valence-corrected chi connectivity index (χ2v) is 32.3. The molecule has 6 heterocycles. The Morgan fingerprint density at radius 2 is 0.423 bits per heavy atom. The molecule has 0 radical (unpaired) electrons. The molecule has 24 rings (SSSR count). The number of para-hydroxylation sites is 2. The average molecular weight is 1660 g/mol. The third kappa shape index (κ3) is 15.1. The van der Waals surface area contributed by atoms with Gasteiger partial charge in [0.1, 0.15) is 0 Å². The zero-order valence-corrected chi connectivity index (χ0v) is 70.2. The van der Waals surface area contributed by atoms with Gasteiger partial charge in [-0.2, -0.15) is 0 Å². The lowest BCUT2D eigenvalue weighted by Crippen LogP contribution is -2.00. The van der Waals surface area contributed by atoms with Crippen molar-refractivity contribution in [3.8, 4) is 170 Å². The van der Waals surface area contributed by atoms with E-state index >= 15 is 0 Å². The first-order valence-corrected chi connectivity index (χ1v) is 43.5. The predicted molar refractivity (Wildman–Crippen MR) is 531 cm³/mol. The van der Waals surface area contributed by atoms with Gasteiger partial charge in [0.15, 0.2) is 46.6 Å². The highest BCUT2D eigenvalue weighted by Crippen LogP contribution is 2.43. The standard InChI is InChI=1S/2C59H38N6/c1-5-18-40(19-6-1)51-38-52(61-58(60-51)47-32-33-53-50(37-47)55-49-30-14-13-17-39(49)31-34-54(55)65(53)48-28-11-4-12-29-48)45-26-15-24-43(35-45)44-25-16-27-46(36-44)59-63-56(41-20-7-2-8-21-41)62-57(64-59)42-22-9-3-10-23-42;1-5-17-39(18-6-1)52-38-53(61-56(60-52)40-19-7-2-8-20-40)46-27-15-25-42(33-46)43-26-16-28-47(34-43)58-62-57(41-21-9-3-10-22-41)63-59(64-58)48-31-32-50-51-35-44-23-13-14-24-45(44)36-55(51)65(54(50)37-48)49-29-11-4-12-30-49/h2*1-38H. The van der Waals surface area contributed by atoms with Gasteiger partial charge in [0.2, 0.25) is 0 Å². The van der Waals surface area contributed by atoms with Gasteiger partial charge in [-0.25, -0.2) is 49.8 Å². The highest BCUT2D eigenvalue weighted by atomic mass is 15.1. The Morgan fingerprint density at radius 1 is 0.131 bits per heavy atom. The number of aromatic nitrogens is 12.